The summed E-state index contributed by atoms with van der Waals surface area (Å²) in [5, 5.41) is 11.0. The van der Waals surface area contributed by atoms with Crippen LogP contribution in [0.2, 0.25) is 5.02 Å². The van der Waals surface area contributed by atoms with E-state index in [0.717, 1.165) is 12.1 Å². The largest absolute Gasteiger partial charge is 0.399 e. The van der Waals surface area contributed by atoms with Crippen molar-refractivity contribution in [3.8, 4) is 17.1 Å². The van der Waals surface area contributed by atoms with Gasteiger partial charge in [-0.1, -0.05) is 11.6 Å². The molecule has 0 unspecified atom stereocenters. The number of nitrogens with two attached hydrogens (primary N) is 1. The molecule has 21 heavy (non-hydrogen) atoms. The number of benzene rings is 2. The van der Waals surface area contributed by atoms with E-state index in [9.17, 15) is 8.78 Å². The summed E-state index contributed by atoms with van der Waals surface area (Å²) in [4.78, 5) is 0. The van der Waals surface area contributed by atoms with Gasteiger partial charge in [0.15, 0.2) is 5.82 Å². The van der Waals surface area contributed by atoms with Crippen LogP contribution in [0.3, 0.4) is 0 Å². The van der Waals surface area contributed by atoms with E-state index in [-0.39, 0.29) is 22.1 Å². The Hall–Kier alpha value is -2.54. The maximum atomic E-state index is 14.0. The van der Waals surface area contributed by atoms with Crippen molar-refractivity contribution >= 4 is 17.3 Å². The molecule has 0 bridgehead atoms. The van der Waals surface area contributed by atoms with Crippen LogP contribution in [0.25, 0.3) is 17.1 Å². The first kappa shape index (κ1) is 13.4. The zero-order valence-corrected chi connectivity index (χ0v) is 11.2. The fourth-order valence-electron chi connectivity index (χ4n) is 1.86. The highest BCUT2D eigenvalue weighted by molar-refractivity contribution is 6.30. The highest BCUT2D eigenvalue weighted by Crippen LogP contribution is 2.25. The molecular formula is C13H8ClF2N5. The number of hydrogen-bond donors (Lipinski definition) is 1. The molecule has 0 fully saturated rings. The summed E-state index contributed by atoms with van der Waals surface area (Å²) in [6.07, 6.45) is 0. The third kappa shape index (κ3) is 2.43. The lowest BCUT2D eigenvalue weighted by Gasteiger charge is -2.06. The Morgan fingerprint density at radius 3 is 2.57 bits per heavy atom. The van der Waals surface area contributed by atoms with Gasteiger partial charge in [0.2, 0.25) is 0 Å². The van der Waals surface area contributed by atoms with Gasteiger partial charge in [0.1, 0.15) is 11.6 Å². The molecule has 0 aliphatic rings. The monoisotopic (exact) mass is 307 g/mol. The first-order valence-corrected chi connectivity index (χ1v) is 6.23. The number of nitrogens with zero attached hydrogens (tertiary/aromatic N) is 4. The Balaban J connectivity index is 2.14. The first-order valence-electron chi connectivity index (χ1n) is 5.85. The molecule has 1 heterocycles. The second-order valence-corrected chi connectivity index (χ2v) is 4.66. The normalized spacial score (nSPS) is 10.8. The smallest absolute Gasteiger partial charge is 0.190 e. The van der Waals surface area contributed by atoms with Crippen LogP contribution in [0.4, 0.5) is 14.5 Å². The van der Waals surface area contributed by atoms with Gasteiger partial charge in [-0.3, -0.25) is 0 Å². The van der Waals surface area contributed by atoms with E-state index in [1.54, 1.807) is 0 Å². The summed E-state index contributed by atoms with van der Waals surface area (Å²) < 4.78 is 28.7. The van der Waals surface area contributed by atoms with Crippen molar-refractivity contribution in [3.05, 3.63) is 53.1 Å². The van der Waals surface area contributed by atoms with Gasteiger partial charge in [-0.05, 0) is 40.8 Å². The second-order valence-electron chi connectivity index (χ2n) is 4.25. The number of aromatic nitrogens is 4. The fourth-order valence-corrected chi connectivity index (χ4v) is 1.98. The van der Waals surface area contributed by atoms with Crippen LogP contribution in [0.5, 0.6) is 0 Å². The van der Waals surface area contributed by atoms with Gasteiger partial charge in [0.05, 0.1) is 16.3 Å². The average Bonchev–Trinajstić information content (AvgIpc) is 2.91. The Labute approximate surface area is 123 Å². The van der Waals surface area contributed by atoms with Crippen LogP contribution in [-0.4, -0.2) is 20.2 Å². The molecule has 3 rings (SSSR count). The van der Waals surface area contributed by atoms with E-state index in [1.165, 1.54) is 28.9 Å². The molecule has 1 aromatic heterocycles. The van der Waals surface area contributed by atoms with Gasteiger partial charge >= 0.3 is 0 Å². The van der Waals surface area contributed by atoms with Crippen molar-refractivity contribution in [1.29, 1.82) is 0 Å². The van der Waals surface area contributed by atoms with E-state index in [2.05, 4.69) is 15.5 Å². The van der Waals surface area contributed by atoms with E-state index in [0.29, 0.717) is 5.69 Å². The van der Waals surface area contributed by atoms with Gasteiger partial charge in [0, 0.05) is 11.8 Å². The second kappa shape index (κ2) is 5.10. The Morgan fingerprint density at radius 1 is 1.05 bits per heavy atom. The molecule has 0 radical (unpaired) electrons. The topological polar surface area (TPSA) is 69.6 Å². The molecule has 0 spiro atoms. The summed E-state index contributed by atoms with van der Waals surface area (Å²) in [5.41, 5.74) is 6.27. The molecule has 0 saturated carbocycles. The van der Waals surface area contributed by atoms with Crippen molar-refractivity contribution in [1.82, 2.24) is 20.2 Å². The maximum Gasteiger partial charge on any atom is 0.190 e. The molecule has 106 valence electrons. The minimum Gasteiger partial charge on any atom is -0.399 e. The zero-order chi connectivity index (χ0) is 15.0. The molecule has 0 atom stereocenters. The summed E-state index contributed by atoms with van der Waals surface area (Å²) in [7, 11) is 0. The minimum atomic E-state index is -0.617. The molecule has 2 aromatic carbocycles. The van der Waals surface area contributed by atoms with Crippen molar-refractivity contribution in [2.45, 2.75) is 0 Å². The quantitative estimate of drug-likeness (QED) is 0.739. The van der Waals surface area contributed by atoms with E-state index < -0.39 is 11.6 Å². The Bertz CT molecular complexity index is 818. The first-order chi connectivity index (χ1) is 10.1. The van der Waals surface area contributed by atoms with E-state index in [1.807, 2.05) is 0 Å². The minimum absolute atomic E-state index is 0.0213. The number of rotatable bonds is 2. The number of nitrogen functional groups attached to an aromatic ring is 1. The van der Waals surface area contributed by atoms with Crippen molar-refractivity contribution in [2.24, 2.45) is 0 Å². The number of anilines is 1. The van der Waals surface area contributed by atoms with Crippen molar-refractivity contribution < 1.29 is 8.78 Å². The van der Waals surface area contributed by atoms with Crippen LogP contribution in [0.15, 0.2) is 36.4 Å². The van der Waals surface area contributed by atoms with Gasteiger partial charge in [-0.15, -0.1) is 5.10 Å². The molecule has 0 saturated heterocycles. The van der Waals surface area contributed by atoms with Crippen LogP contribution in [0.1, 0.15) is 0 Å². The summed E-state index contributed by atoms with van der Waals surface area (Å²) in [5.74, 6) is -1.05. The predicted molar refractivity (Wildman–Crippen MR) is 73.9 cm³/mol. The SMILES string of the molecule is Nc1ccc(-c2nnnn2-c2ccc(Cl)c(F)c2)c(F)c1. The number of halogens is 3. The van der Waals surface area contributed by atoms with Gasteiger partial charge in [-0.25, -0.2) is 8.78 Å². The standard InChI is InChI=1S/C13H8ClF2N5/c14-10-4-2-8(6-12(10)16)21-13(18-19-20-21)9-3-1-7(17)5-11(9)15/h1-6H,17H2. The maximum absolute atomic E-state index is 14.0. The number of hydrogen-bond acceptors (Lipinski definition) is 4. The van der Waals surface area contributed by atoms with Crippen LogP contribution in [0, 0.1) is 11.6 Å². The van der Waals surface area contributed by atoms with Gasteiger partial charge in [-0.2, -0.15) is 4.68 Å². The summed E-state index contributed by atoms with van der Waals surface area (Å²) >= 11 is 5.63. The van der Waals surface area contributed by atoms with Gasteiger partial charge < -0.3 is 5.73 Å². The molecular weight excluding hydrogens is 300 g/mol. The molecule has 3 aromatic rings. The molecule has 2 N–H and O–H groups in total. The van der Waals surface area contributed by atoms with Crippen LogP contribution >= 0.6 is 11.6 Å². The van der Waals surface area contributed by atoms with Gasteiger partial charge in [0.25, 0.3) is 0 Å². The third-order valence-corrected chi connectivity index (χ3v) is 3.16. The van der Waals surface area contributed by atoms with Crippen LogP contribution in [-0.2, 0) is 0 Å². The third-order valence-electron chi connectivity index (χ3n) is 2.85. The summed E-state index contributed by atoms with van der Waals surface area (Å²) in [6, 6.07) is 8.21. The highest BCUT2D eigenvalue weighted by atomic mass is 35.5. The molecule has 0 aliphatic carbocycles. The Kier molecular flexibility index (Phi) is 3.26. The molecule has 0 amide bonds. The lowest BCUT2D eigenvalue weighted by molar-refractivity contribution is 0.624. The average molecular weight is 308 g/mol. The Morgan fingerprint density at radius 2 is 1.86 bits per heavy atom. The summed E-state index contributed by atoms with van der Waals surface area (Å²) in [6.45, 7) is 0. The van der Waals surface area contributed by atoms with Crippen molar-refractivity contribution in [2.75, 3.05) is 5.73 Å². The lowest BCUT2D eigenvalue weighted by atomic mass is 10.2. The fraction of sp³-hybridized carbons (Fsp3) is 0. The number of tetrazole rings is 1. The predicted octanol–water partition coefficient (Wildman–Crippen LogP) is 2.84. The van der Waals surface area contributed by atoms with E-state index in [4.69, 9.17) is 17.3 Å². The molecule has 5 nitrogen and oxygen atoms in total. The van der Waals surface area contributed by atoms with Crippen molar-refractivity contribution in [3.63, 3.8) is 0 Å². The molecule has 0 aliphatic heterocycles. The zero-order valence-electron chi connectivity index (χ0n) is 10.5. The highest BCUT2D eigenvalue weighted by Gasteiger charge is 2.16. The molecule has 8 heteroatoms. The van der Waals surface area contributed by atoms with Crippen LogP contribution < -0.4 is 5.73 Å². The van der Waals surface area contributed by atoms with E-state index >= 15 is 0 Å². The lowest BCUT2D eigenvalue weighted by Crippen LogP contribution is -2.02.